The maximum absolute atomic E-state index is 12.8. The largest absolute Gasteiger partial charge is 0.495 e. The third-order valence-corrected chi connectivity index (χ3v) is 6.45. The van der Waals surface area contributed by atoms with Gasteiger partial charge in [-0.15, -0.1) is 36.2 Å². The molecule has 0 amide bonds. The number of carbonyl (C=O) groups excluding carboxylic acids is 1. The Labute approximate surface area is 194 Å². The summed E-state index contributed by atoms with van der Waals surface area (Å²) in [7, 11) is 1.72. The predicted molar refractivity (Wildman–Crippen MR) is 132 cm³/mol. The molecule has 162 valence electrons. The van der Waals surface area contributed by atoms with Gasteiger partial charge in [0.1, 0.15) is 5.75 Å². The highest BCUT2D eigenvalue weighted by atomic mass is 35.5. The Morgan fingerprint density at radius 3 is 2.53 bits per heavy atom. The van der Waals surface area contributed by atoms with Crippen molar-refractivity contribution < 1.29 is 9.53 Å². The molecule has 1 aromatic heterocycles. The summed E-state index contributed by atoms with van der Waals surface area (Å²) in [6.45, 7) is 6.74. The molecule has 0 saturated carbocycles. The van der Waals surface area contributed by atoms with Gasteiger partial charge in [0, 0.05) is 60.2 Å². The summed E-state index contributed by atoms with van der Waals surface area (Å²) in [6, 6.07) is 14.5. The lowest BCUT2D eigenvalue weighted by Crippen LogP contribution is -2.47. The Morgan fingerprint density at radius 2 is 1.80 bits per heavy atom. The quantitative estimate of drug-likeness (QED) is 0.451. The minimum absolute atomic E-state index is 0. The molecule has 0 radical (unpaired) electrons. The number of rotatable bonds is 6. The minimum atomic E-state index is 0. The average Bonchev–Trinajstić information content (AvgIpc) is 3.15. The van der Waals surface area contributed by atoms with Crippen molar-refractivity contribution in [3.05, 3.63) is 59.0 Å². The molecule has 2 aromatic carbocycles. The molecule has 2 heterocycles. The van der Waals surface area contributed by atoms with Gasteiger partial charge in [-0.3, -0.25) is 9.69 Å². The molecular formula is C23H28Cl2N2O2S. The Bertz CT molecular complexity index is 984. The van der Waals surface area contributed by atoms with Crippen molar-refractivity contribution in [2.24, 2.45) is 0 Å². The fourth-order valence-electron chi connectivity index (χ4n) is 3.86. The normalized spacial score (nSPS) is 14.1. The highest BCUT2D eigenvalue weighted by molar-refractivity contribution is 7.17. The third kappa shape index (κ3) is 5.27. The summed E-state index contributed by atoms with van der Waals surface area (Å²) >= 11 is 1.66. The maximum atomic E-state index is 12.8. The van der Waals surface area contributed by atoms with E-state index in [1.807, 2.05) is 17.5 Å². The zero-order valence-corrected chi connectivity index (χ0v) is 19.7. The van der Waals surface area contributed by atoms with Gasteiger partial charge in [-0.1, -0.05) is 23.8 Å². The van der Waals surface area contributed by atoms with Crippen molar-refractivity contribution in [2.45, 2.75) is 13.3 Å². The first kappa shape index (κ1) is 24.5. The van der Waals surface area contributed by atoms with Crippen LogP contribution in [0.25, 0.3) is 10.1 Å². The molecule has 0 N–H and O–H groups in total. The first-order chi connectivity index (χ1) is 13.7. The lowest BCUT2D eigenvalue weighted by atomic mass is 10.0. The number of methoxy groups -OCH3 is 1. The first-order valence-corrected chi connectivity index (χ1v) is 10.6. The highest BCUT2D eigenvalue weighted by Crippen LogP contribution is 2.29. The summed E-state index contributed by atoms with van der Waals surface area (Å²) in [5, 5.41) is 3.13. The summed E-state index contributed by atoms with van der Waals surface area (Å²) in [5.74, 6) is 1.18. The Kier molecular flexibility index (Phi) is 8.98. The van der Waals surface area contributed by atoms with Crippen LogP contribution in [-0.4, -0.2) is 50.5 Å². The van der Waals surface area contributed by atoms with Crippen molar-refractivity contribution in [1.82, 2.24) is 4.90 Å². The molecule has 1 aliphatic heterocycles. The molecule has 0 bridgehead atoms. The van der Waals surface area contributed by atoms with E-state index in [9.17, 15) is 4.79 Å². The van der Waals surface area contributed by atoms with Crippen LogP contribution < -0.4 is 9.64 Å². The number of hydrogen-bond acceptors (Lipinski definition) is 5. The number of halogens is 2. The summed E-state index contributed by atoms with van der Waals surface area (Å²) in [5.41, 5.74) is 3.24. The van der Waals surface area contributed by atoms with E-state index in [2.05, 4.69) is 47.1 Å². The molecule has 3 aromatic rings. The van der Waals surface area contributed by atoms with E-state index in [0.29, 0.717) is 6.42 Å². The van der Waals surface area contributed by atoms with Crippen molar-refractivity contribution >= 4 is 57.7 Å². The molecule has 0 unspecified atom stereocenters. The van der Waals surface area contributed by atoms with E-state index in [4.69, 9.17) is 4.74 Å². The van der Waals surface area contributed by atoms with Crippen LogP contribution in [0.2, 0.25) is 0 Å². The number of fused-ring (bicyclic) bond motifs is 1. The smallest absolute Gasteiger partial charge is 0.165 e. The van der Waals surface area contributed by atoms with Crippen LogP contribution in [0.15, 0.2) is 47.8 Å². The second-order valence-electron chi connectivity index (χ2n) is 7.32. The van der Waals surface area contributed by atoms with E-state index >= 15 is 0 Å². The van der Waals surface area contributed by atoms with Gasteiger partial charge in [-0.05, 0) is 31.2 Å². The number of para-hydroxylation sites is 2. The number of carbonyl (C=O) groups is 1. The number of ether oxygens (including phenoxy) is 1. The third-order valence-electron chi connectivity index (χ3n) is 5.48. The number of Topliss-reactive ketones (excluding diaryl/α,β-unsaturated/α-hetero) is 1. The summed E-state index contributed by atoms with van der Waals surface area (Å²) in [4.78, 5) is 17.6. The van der Waals surface area contributed by atoms with E-state index in [0.717, 1.165) is 55.1 Å². The van der Waals surface area contributed by atoms with Crippen molar-refractivity contribution in [3.63, 3.8) is 0 Å². The van der Waals surface area contributed by atoms with Gasteiger partial charge in [0.05, 0.1) is 12.8 Å². The van der Waals surface area contributed by atoms with Gasteiger partial charge < -0.3 is 9.64 Å². The summed E-state index contributed by atoms with van der Waals surface area (Å²) in [6.07, 6.45) is 0.578. The van der Waals surface area contributed by atoms with Crippen LogP contribution in [0.4, 0.5) is 5.69 Å². The first-order valence-electron chi connectivity index (χ1n) is 9.77. The van der Waals surface area contributed by atoms with Crippen molar-refractivity contribution in [1.29, 1.82) is 0 Å². The number of hydrogen-bond donors (Lipinski definition) is 0. The zero-order chi connectivity index (χ0) is 19.5. The van der Waals surface area contributed by atoms with Crippen LogP contribution >= 0.6 is 36.2 Å². The molecule has 7 heteroatoms. The van der Waals surface area contributed by atoms with Crippen molar-refractivity contribution in [3.8, 4) is 5.75 Å². The fraction of sp³-hybridized carbons (Fsp3) is 0.348. The van der Waals surface area contributed by atoms with E-state index in [1.54, 1.807) is 18.4 Å². The lowest BCUT2D eigenvalue weighted by molar-refractivity contribution is 0.0964. The van der Waals surface area contributed by atoms with Crippen LogP contribution in [-0.2, 0) is 0 Å². The van der Waals surface area contributed by atoms with Crippen LogP contribution in [0.3, 0.4) is 0 Å². The number of nitrogens with zero attached hydrogens (tertiary/aromatic N) is 2. The second kappa shape index (κ2) is 11.0. The Balaban J connectivity index is 0.00000160. The SMILES string of the molecule is COc1ccccc1N1CCN(CCC(=O)c2csc3ccc(C)cc23)CC1.Cl.Cl. The minimum Gasteiger partial charge on any atom is -0.495 e. The van der Waals surface area contributed by atoms with Gasteiger partial charge in [-0.2, -0.15) is 0 Å². The number of aryl methyl sites for hydroxylation is 1. The maximum Gasteiger partial charge on any atom is 0.165 e. The van der Waals surface area contributed by atoms with E-state index < -0.39 is 0 Å². The molecule has 0 spiro atoms. The molecule has 0 aliphatic carbocycles. The monoisotopic (exact) mass is 466 g/mol. The topological polar surface area (TPSA) is 32.8 Å². The Morgan fingerprint density at radius 1 is 1.07 bits per heavy atom. The van der Waals surface area contributed by atoms with E-state index in [1.165, 1.54) is 10.3 Å². The van der Waals surface area contributed by atoms with Gasteiger partial charge in [0.15, 0.2) is 5.78 Å². The molecule has 1 saturated heterocycles. The number of anilines is 1. The fourth-order valence-corrected chi connectivity index (χ4v) is 4.80. The molecule has 4 nitrogen and oxygen atoms in total. The van der Waals surface area contributed by atoms with E-state index in [-0.39, 0.29) is 30.6 Å². The van der Waals surface area contributed by atoms with Gasteiger partial charge in [0.25, 0.3) is 0 Å². The molecule has 0 atom stereocenters. The molecule has 1 aliphatic rings. The second-order valence-corrected chi connectivity index (χ2v) is 8.23. The van der Waals surface area contributed by atoms with Gasteiger partial charge in [-0.25, -0.2) is 0 Å². The highest BCUT2D eigenvalue weighted by Gasteiger charge is 2.20. The van der Waals surface area contributed by atoms with Crippen LogP contribution in [0.5, 0.6) is 5.75 Å². The number of ketones is 1. The molecule has 1 fully saturated rings. The number of thiophene rings is 1. The molecule has 30 heavy (non-hydrogen) atoms. The van der Waals surface area contributed by atoms with Gasteiger partial charge in [0.2, 0.25) is 0 Å². The zero-order valence-electron chi connectivity index (χ0n) is 17.3. The molecular weight excluding hydrogens is 439 g/mol. The van der Waals surface area contributed by atoms with Gasteiger partial charge >= 0.3 is 0 Å². The number of benzene rings is 2. The van der Waals surface area contributed by atoms with Crippen LogP contribution in [0, 0.1) is 6.92 Å². The Hall–Kier alpha value is -1.79. The standard InChI is InChI=1S/C23H26N2O2S.2ClH/c1-17-7-8-23-18(15-17)19(16-28-23)21(26)9-10-24-11-13-25(14-12-24)20-5-3-4-6-22(20)27-2;;/h3-8,15-16H,9-14H2,1-2H3;2*1H. The van der Waals surface area contributed by atoms with Crippen molar-refractivity contribution in [2.75, 3.05) is 44.7 Å². The number of piperazine rings is 1. The molecule has 4 rings (SSSR count). The van der Waals surface area contributed by atoms with Crippen LogP contribution in [0.1, 0.15) is 22.3 Å². The average molecular weight is 467 g/mol. The predicted octanol–water partition coefficient (Wildman–Crippen LogP) is 5.46. The lowest BCUT2D eigenvalue weighted by Gasteiger charge is -2.36. The summed E-state index contributed by atoms with van der Waals surface area (Å²) < 4.78 is 6.68.